The Morgan fingerprint density at radius 2 is 0.707 bits per heavy atom. The first-order valence-electron chi connectivity index (χ1n) is 19.6. The van der Waals surface area contributed by atoms with Gasteiger partial charge >= 0.3 is 0 Å². The van der Waals surface area contributed by atoms with Crippen LogP contribution in [-0.4, -0.2) is 0 Å². The lowest BCUT2D eigenvalue weighted by Gasteiger charge is -2.26. The molecule has 58 heavy (non-hydrogen) atoms. The summed E-state index contributed by atoms with van der Waals surface area (Å²) < 4.78 is 11.7. The first-order valence-corrected chi connectivity index (χ1v) is 21.2. The van der Waals surface area contributed by atoms with Crippen LogP contribution in [0.1, 0.15) is 0 Å². The van der Waals surface area contributed by atoms with Gasteiger partial charge in [-0.3, -0.25) is 0 Å². The number of benzene rings is 9. The summed E-state index contributed by atoms with van der Waals surface area (Å²) >= 11 is 3.75. The number of para-hydroxylation sites is 2. The topological polar surface area (TPSA) is 16.4 Å². The fourth-order valence-corrected chi connectivity index (χ4v) is 11.2. The molecule has 0 aliphatic heterocycles. The molecule has 12 aromatic rings. The van der Waals surface area contributed by atoms with Crippen LogP contribution in [0, 0.1) is 0 Å². The Balaban J connectivity index is 0.959. The largest absolute Gasteiger partial charge is 0.455 e. The number of hydrogen-bond donors (Lipinski definition) is 0. The summed E-state index contributed by atoms with van der Waals surface area (Å²) in [4.78, 5) is 2.36. The summed E-state index contributed by atoms with van der Waals surface area (Å²) in [6.45, 7) is 0. The Bertz CT molecular complexity index is 3120. The van der Waals surface area contributed by atoms with Gasteiger partial charge in [-0.1, -0.05) is 146 Å². The third-order valence-corrected chi connectivity index (χ3v) is 14.0. The first-order chi connectivity index (χ1) is 28.7. The molecule has 0 saturated heterocycles. The summed E-state index contributed by atoms with van der Waals surface area (Å²) in [5, 5.41) is 7.54. The van der Waals surface area contributed by atoms with Gasteiger partial charge < -0.3 is 9.32 Å². The fraction of sp³-hybridized carbons (Fsp3) is 0. The lowest BCUT2D eigenvalue weighted by molar-refractivity contribution is 0.670. The number of hydrogen-bond acceptors (Lipinski definition) is 4. The van der Waals surface area contributed by atoms with Crippen molar-refractivity contribution in [2.45, 2.75) is 0 Å². The van der Waals surface area contributed by atoms with E-state index in [2.05, 4.69) is 193 Å². The zero-order chi connectivity index (χ0) is 38.2. The molecule has 0 saturated carbocycles. The highest BCUT2D eigenvalue weighted by molar-refractivity contribution is 7.26. The van der Waals surface area contributed by atoms with Crippen molar-refractivity contribution in [3.05, 3.63) is 200 Å². The molecule has 3 heterocycles. The number of thiophene rings is 2. The molecule has 0 amide bonds. The van der Waals surface area contributed by atoms with Crippen molar-refractivity contribution >= 4 is 102 Å². The van der Waals surface area contributed by atoms with Crippen molar-refractivity contribution in [2.24, 2.45) is 0 Å². The second kappa shape index (κ2) is 13.3. The zero-order valence-corrected chi connectivity index (χ0v) is 32.9. The molecule has 0 N–H and O–H groups in total. The number of fused-ring (bicyclic) bond motifs is 9. The van der Waals surface area contributed by atoms with E-state index in [1.807, 2.05) is 34.8 Å². The highest BCUT2D eigenvalue weighted by Crippen LogP contribution is 2.44. The number of furan rings is 1. The quantitative estimate of drug-likeness (QED) is 0.167. The summed E-state index contributed by atoms with van der Waals surface area (Å²) in [7, 11) is 0. The molecule has 0 aliphatic carbocycles. The maximum Gasteiger partial charge on any atom is 0.143 e. The molecule has 4 heteroatoms. The predicted molar refractivity (Wildman–Crippen MR) is 250 cm³/mol. The molecule has 0 fully saturated rings. The van der Waals surface area contributed by atoms with E-state index >= 15 is 0 Å². The van der Waals surface area contributed by atoms with E-state index in [4.69, 9.17) is 4.42 Å². The molecular weight excluding hydrogens is 743 g/mol. The van der Waals surface area contributed by atoms with Crippen LogP contribution in [0.5, 0.6) is 0 Å². The van der Waals surface area contributed by atoms with Gasteiger partial charge in [-0.25, -0.2) is 0 Å². The van der Waals surface area contributed by atoms with Crippen molar-refractivity contribution < 1.29 is 4.42 Å². The van der Waals surface area contributed by atoms with Crippen molar-refractivity contribution in [1.82, 2.24) is 0 Å². The van der Waals surface area contributed by atoms with Crippen LogP contribution < -0.4 is 4.90 Å². The smallest absolute Gasteiger partial charge is 0.143 e. The maximum atomic E-state index is 6.43. The predicted octanol–water partition coefficient (Wildman–Crippen LogP) is 16.8. The molecule has 2 nitrogen and oxygen atoms in total. The van der Waals surface area contributed by atoms with Crippen LogP contribution in [-0.2, 0) is 0 Å². The lowest BCUT2D eigenvalue weighted by Crippen LogP contribution is -2.09. The molecule has 0 aliphatic rings. The Morgan fingerprint density at radius 1 is 0.310 bits per heavy atom. The normalized spacial score (nSPS) is 11.8. The van der Waals surface area contributed by atoms with Crippen molar-refractivity contribution in [3.63, 3.8) is 0 Å². The number of anilines is 3. The second-order valence-corrected chi connectivity index (χ2v) is 16.9. The molecule has 0 bridgehead atoms. The van der Waals surface area contributed by atoms with Crippen LogP contribution in [0.4, 0.5) is 17.1 Å². The van der Waals surface area contributed by atoms with Crippen LogP contribution in [0.3, 0.4) is 0 Å². The average Bonchev–Trinajstić information content (AvgIpc) is 3.99. The second-order valence-electron chi connectivity index (χ2n) is 14.8. The van der Waals surface area contributed by atoms with E-state index in [1.165, 1.54) is 62.6 Å². The van der Waals surface area contributed by atoms with Crippen molar-refractivity contribution in [3.8, 4) is 33.4 Å². The standard InChI is InChI=1S/C54H33NOS2/c1-4-19-49-43(10-1)46-16-7-13-40(52(46)56-49)34-22-28-37(29-23-34)55(38-30-24-35(25-31-38)41-14-8-17-47-44-11-2-5-20-50(44)57-53(41)47)39-32-26-36(27-33-39)42-15-9-18-48-45-12-3-6-21-51(45)58-54(42)48/h1-33H. The van der Waals surface area contributed by atoms with Crippen LogP contribution in [0.2, 0.25) is 0 Å². The van der Waals surface area contributed by atoms with Gasteiger partial charge in [0, 0.05) is 73.7 Å². The third-order valence-electron chi connectivity index (χ3n) is 11.5. The van der Waals surface area contributed by atoms with E-state index in [1.54, 1.807) is 0 Å². The minimum absolute atomic E-state index is 0.909. The average molecular weight is 776 g/mol. The number of rotatable bonds is 6. The van der Waals surface area contributed by atoms with Crippen LogP contribution in [0.25, 0.3) is 95.7 Å². The van der Waals surface area contributed by atoms with Gasteiger partial charge in [-0.2, -0.15) is 0 Å². The van der Waals surface area contributed by atoms with Crippen LogP contribution >= 0.6 is 22.7 Å². The van der Waals surface area contributed by atoms with E-state index < -0.39 is 0 Å². The molecular formula is C54H33NOS2. The first kappa shape index (κ1) is 33.2. The monoisotopic (exact) mass is 775 g/mol. The van der Waals surface area contributed by atoms with E-state index in [9.17, 15) is 0 Å². The van der Waals surface area contributed by atoms with Gasteiger partial charge in [0.25, 0.3) is 0 Å². The maximum absolute atomic E-state index is 6.43. The molecule has 12 rings (SSSR count). The molecule has 0 unspecified atom stereocenters. The van der Waals surface area contributed by atoms with E-state index in [0.29, 0.717) is 0 Å². The minimum atomic E-state index is 0.909. The fourth-order valence-electron chi connectivity index (χ4n) is 8.74. The van der Waals surface area contributed by atoms with Gasteiger partial charge in [0.1, 0.15) is 11.2 Å². The van der Waals surface area contributed by atoms with Crippen molar-refractivity contribution in [2.75, 3.05) is 4.90 Å². The van der Waals surface area contributed by atoms with Gasteiger partial charge in [0.05, 0.1) is 0 Å². The van der Waals surface area contributed by atoms with Gasteiger partial charge in [0.15, 0.2) is 0 Å². The molecule has 3 aromatic heterocycles. The Kier molecular flexibility index (Phi) is 7.62. The molecule has 0 radical (unpaired) electrons. The third kappa shape index (κ3) is 5.30. The van der Waals surface area contributed by atoms with Crippen LogP contribution in [0.15, 0.2) is 205 Å². The molecule has 0 atom stereocenters. The Morgan fingerprint density at radius 3 is 1.22 bits per heavy atom. The minimum Gasteiger partial charge on any atom is -0.455 e. The summed E-state index contributed by atoms with van der Waals surface area (Å²) in [6.07, 6.45) is 0. The van der Waals surface area contributed by atoms with E-state index in [-0.39, 0.29) is 0 Å². The summed E-state index contributed by atoms with van der Waals surface area (Å²) in [6, 6.07) is 72.5. The zero-order valence-electron chi connectivity index (χ0n) is 31.2. The Labute approximate surface area is 343 Å². The van der Waals surface area contributed by atoms with E-state index in [0.717, 1.165) is 50.1 Å². The lowest BCUT2D eigenvalue weighted by atomic mass is 10.0. The molecule has 9 aromatic carbocycles. The van der Waals surface area contributed by atoms with Gasteiger partial charge in [-0.15, -0.1) is 22.7 Å². The summed E-state index contributed by atoms with van der Waals surface area (Å²) in [5.74, 6) is 0. The van der Waals surface area contributed by atoms with Gasteiger partial charge in [0.2, 0.25) is 0 Å². The SMILES string of the molecule is c1ccc2c(c1)oc1c(-c3ccc(N(c4ccc(-c5cccc6c5sc5ccccc56)cc4)c4ccc(-c5cccc6c5sc5ccccc56)cc4)cc3)cccc12. The number of nitrogens with zero attached hydrogens (tertiary/aromatic N) is 1. The van der Waals surface area contributed by atoms with Crippen molar-refractivity contribution in [1.29, 1.82) is 0 Å². The summed E-state index contributed by atoms with van der Waals surface area (Å²) in [5.41, 5.74) is 12.3. The Hall–Kier alpha value is -6.98. The highest BCUT2D eigenvalue weighted by Gasteiger charge is 2.18. The molecule has 272 valence electrons. The highest BCUT2D eigenvalue weighted by atomic mass is 32.1. The molecule has 0 spiro atoms. The van der Waals surface area contributed by atoms with Gasteiger partial charge in [-0.05, 0) is 82.4 Å².